The van der Waals surface area contributed by atoms with Crippen LogP contribution < -0.4 is 5.73 Å². The molecule has 0 aromatic carbocycles. The van der Waals surface area contributed by atoms with Gasteiger partial charge in [-0.1, -0.05) is 5.16 Å². The summed E-state index contributed by atoms with van der Waals surface area (Å²) >= 11 is 0. The monoisotopic (exact) mass is 266 g/mol. The zero-order valence-corrected chi connectivity index (χ0v) is 10.9. The van der Waals surface area contributed by atoms with E-state index in [0.29, 0.717) is 44.0 Å². The Morgan fingerprint density at radius 3 is 2.68 bits per heavy atom. The average Bonchev–Trinajstić information content (AvgIpc) is 2.85. The number of carbonyl (C=O) groups is 1. The normalized spacial score (nSPS) is 17.7. The van der Waals surface area contributed by atoms with E-state index in [4.69, 9.17) is 15.4 Å². The Labute approximate surface area is 111 Å². The summed E-state index contributed by atoms with van der Waals surface area (Å²) in [4.78, 5) is 16.1. The molecule has 104 valence electrons. The smallest absolute Gasteiger partial charge is 0.257 e. The minimum Gasteiger partial charge on any atom is -0.469 e. The number of carbonyl (C=O) groups excluding carboxylic acids is 1. The van der Waals surface area contributed by atoms with Crippen molar-refractivity contribution in [3.05, 3.63) is 23.7 Å². The summed E-state index contributed by atoms with van der Waals surface area (Å²) in [6.07, 6.45) is 1.53. The molecule has 1 aromatic rings. The first-order valence-electron chi connectivity index (χ1n) is 6.14. The molecule has 0 spiro atoms. The Balaban J connectivity index is 1.90. The van der Waals surface area contributed by atoms with Crippen LogP contribution in [0, 0.1) is 6.92 Å². The third kappa shape index (κ3) is 3.05. The van der Waals surface area contributed by atoms with Crippen molar-refractivity contribution in [3.63, 3.8) is 0 Å². The highest BCUT2D eigenvalue weighted by Gasteiger charge is 2.24. The lowest BCUT2D eigenvalue weighted by Gasteiger charge is -2.34. The van der Waals surface area contributed by atoms with Crippen molar-refractivity contribution in [2.24, 2.45) is 10.9 Å². The van der Waals surface area contributed by atoms with Gasteiger partial charge in [-0.3, -0.25) is 9.69 Å². The number of nitrogens with zero attached hydrogens (tertiary/aromatic N) is 3. The molecule has 19 heavy (non-hydrogen) atoms. The van der Waals surface area contributed by atoms with Gasteiger partial charge in [-0.15, -0.1) is 0 Å². The molecule has 0 bridgehead atoms. The Morgan fingerprint density at radius 2 is 2.16 bits per heavy atom. The zero-order chi connectivity index (χ0) is 13.8. The largest absolute Gasteiger partial charge is 0.469 e. The molecule has 2 heterocycles. The van der Waals surface area contributed by atoms with Crippen molar-refractivity contribution in [3.8, 4) is 0 Å². The van der Waals surface area contributed by atoms with Gasteiger partial charge in [0.15, 0.2) is 5.84 Å². The highest BCUT2D eigenvalue weighted by Crippen LogP contribution is 2.13. The van der Waals surface area contributed by atoms with Gasteiger partial charge in [0, 0.05) is 26.2 Å². The Hall–Kier alpha value is -2.02. The van der Waals surface area contributed by atoms with Crippen LogP contribution in [-0.4, -0.2) is 59.5 Å². The van der Waals surface area contributed by atoms with Crippen LogP contribution in [0.15, 0.2) is 21.9 Å². The van der Waals surface area contributed by atoms with Crippen LogP contribution in [0.4, 0.5) is 0 Å². The van der Waals surface area contributed by atoms with Gasteiger partial charge in [0.2, 0.25) is 0 Å². The summed E-state index contributed by atoms with van der Waals surface area (Å²) < 4.78 is 5.15. The third-order valence-corrected chi connectivity index (χ3v) is 3.26. The van der Waals surface area contributed by atoms with E-state index in [1.807, 2.05) is 4.90 Å². The lowest BCUT2D eigenvalue weighted by molar-refractivity contribution is 0.0651. The maximum absolute atomic E-state index is 12.2. The number of amidine groups is 1. The van der Waals surface area contributed by atoms with Gasteiger partial charge in [-0.25, -0.2) is 0 Å². The van der Waals surface area contributed by atoms with Gasteiger partial charge in [-0.2, -0.15) is 0 Å². The molecule has 0 unspecified atom stereocenters. The van der Waals surface area contributed by atoms with Crippen molar-refractivity contribution in [2.75, 3.05) is 32.7 Å². The minimum atomic E-state index is -0.00491. The number of oxime groups is 1. The third-order valence-electron chi connectivity index (χ3n) is 3.26. The fraction of sp³-hybridized carbons (Fsp3) is 0.500. The van der Waals surface area contributed by atoms with Crippen LogP contribution in [0.5, 0.6) is 0 Å². The van der Waals surface area contributed by atoms with Crippen molar-refractivity contribution >= 4 is 11.7 Å². The molecule has 7 nitrogen and oxygen atoms in total. The fourth-order valence-electron chi connectivity index (χ4n) is 2.15. The lowest BCUT2D eigenvalue weighted by atomic mass is 10.2. The van der Waals surface area contributed by atoms with Crippen LogP contribution >= 0.6 is 0 Å². The van der Waals surface area contributed by atoms with E-state index >= 15 is 0 Å². The van der Waals surface area contributed by atoms with Crippen LogP contribution in [0.1, 0.15) is 16.1 Å². The second-order valence-corrected chi connectivity index (χ2v) is 4.55. The molecule has 0 atom stereocenters. The van der Waals surface area contributed by atoms with Crippen molar-refractivity contribution in [1.82, 2.24) is 9.80 Å². The molecule has 0 aliphatic carbocycles. The summed E-state index contributed by atoms with van der Waals surface area (Å²) in [5.41, 5.74) is 6.08. The lowest BCUT2D eigenvalue weighted by Crippen LogP contribution is -2.50. The van der Waals surface area contributed by atoms with Crippen molar-refractivity contribution < 1.29 is 14.4 Å². The molecule has 1 aromatic heterocycles. The van der Waals surface area contributed by atoms with E-state index in [1.54, 1.807) is 17.9 Å². The summed E-state index contributed by atoms with van der Waals surface area (Å²) in [5.74, 6) is 0.823. The molecule has 1 aliphatic rings. The second-order valence-electron chi connectivity index (χ2n) is 4.55. The molecule has 0 saturated carbocycles. The van der Waals surface area contributed by atoms with E-state index in [-0.39, 0.29) is 11.7 Å². The van der Waals surface area contributed by atoms with E-state index in [1.165, 1.54) is 6.26 Å². The highest BCUT2D eigenvalue weighted by molar-refractivity contribution is 5.95. The SMILES string of the molecule is Cc1occc1C(=O)N1CCN(CC(N)=NO)CC1. The predicted octanol–water partition coefficient (Wildman–Crippen LogP) is 0.0922. The summed E-state index contributed by atoms with van der Waals surface area (Å²) in [5, 5.41) is 11.5. The molecular weight excluding hydrogens is 248 g/mol. The topological polar surface area (TPSA) is 95.3 Å². The van der Waals surface area contributed by atoms with Gasteiger partial charge in [0.25, 0.3) is 5.91 Å². The van der Waals surface area contributed by atoms with Crippen molar-refractivity contribution in [2.45, 2.75) is 6.92 Å². The number of amides is 1. The van der Waals surface area contributed by atoms with Crippen LogP contribution in [0.2, 0.25) is 0 Å². The number of hydrogen-bond acceptors (Lipinski definition) is 5. The maximum Gasteiger partial charge on any atom is 0.257 e. The second kappa shape index (κ2) is 5.75. The Morgan fingerprint density at radius 1 is 1.47 bits per heavy atom. The van der Waals surface area contributed by atoms with Gasteiger partial charge >= 0.3 is 0 Å². The number of rotatable bonds is 3. The zero-order valence-electron chi connectivity index (χ0n) is 10.9. The molecule has 3 N–H and O–H groups in total. The maximum atomic E-state index is 12.2. The summed E-state index contributed by atoms with van der Waals surface area (Å²) in [7, 11) is 0. The molecule has 2 rings (SSSR count). The average molecular weight is 266 g/mol. The molecular formula is C12H18N4O3. The van der Waals surface area contributed by atoms with E-state index < -0.39 is 0 Å². The first-order chi connectivity index (χ1) is 9.11. The number of nitrogens with two attached hydrogens (primary N) is 1. The summed E-state index contributed by atoms with van der Waals surface area (Å²) in [6.45, 7) is 4.87. The van der Waals surface area contributed by atoms with Gasteiger partial charge in [0.05, 0.1) is 18.4 Å². The molecule has 7 heteroatoms. The minimum absolute atomic E-state index is 0.00491. The van der Waals surface area contributed by atoms with Crippen LogP contribution in [0.25, 0.3) is 0 Å². The first kappa shape index (κ1) is 13.4. The molecule has 1 aliphatic heterocycles. The van der Waals surface area contributed by atoms with Crippen LogP contribution in [-0.2, 0) is 0 Å². The van der Waals surface area contributed by atoms with Crippen LogP contribution in [0.3, 0.4) is 0 Å². The van der Waals surface area contributed by atoms with Gasteiger partial charge < -0.3 is 20.3 Å². The molecule has 1 amide bonds. The molecule has 1 saturated heterocycles. The standard InChI is InChI=1S/C12H18N4O3/c1-9-10(2-7-19-9)12(17)16-5-3-15(4-6-16)8-11(13)14-18/h2,7,18H,3-6,8H2,1H3,(H2,13,14). The molecule has 0 radical (unpaired) electrons. The Kier molecular flexibility index (Phi) is 4.06. The van der Waals surface area contributed by atoms with Crippen molar-refractivity contribution in [1.29, 1.82) is 0 Å². The number of furan rings is 1. The van der Waals surface area contributed by atoms with E-state index in [0.717, 1.165) is 0 Å². The fourth-order valence-corrected chi connectivity index (χ4v) is 2.15. The van der Waals surface area contributed by atoms with Gasteiger partial charge in [-0.05, 0) is 13.0 Å². The molecule has 1 fully saturated rings. The first-order valence-corrected chi connectivity index (χ1v) is 6.14. The quantitative estimate of drug-likeness (QED) is 0.350. The summed E-state index contributed by atoms with van der Waals surface area (Å²) in [6, 6.07) is 1.69. The number of piperazine rings is 1. The predicted molar refractivity (Wildman–Crippen MR) is 69.2 cm³/mol. The number of aryl methyl sites for hydroxylation is 1. The number of hydrogen-bond donors (Lipinski definition) is 2. The Bertz CT molecular complexity index is 475. The van der Waals surface area contributed by atoms with Gasteiger partial charge in [0.1, 0.15) is 5.76 Å². The van der Waals surface area contributed by atoms with E-state index in [2.05, 4.69) is 5.16 Å². The van der Waals surface area contributed by atoms with E-state index in [9.17, 15) is 4.79 Å². The highest BCUT2D eigenvalue weighted by atomic mass is 16.4.